The summed E-state index contributed by atoms with van der Waals surface area (Å²) in [6, 6.07) is 13.9. The fourth-order valence-corrected chi connectivity index (χ4v) is 3.04. The molecule has 0 aliphatic carbocycles. The van der Waals surface area contributed by atoms with Crippen molar-refractivity contribution in [2.75, 3.05) is 10.6 Å². The lowest BCUT2D eigenvalue weighted by molar-refractivity contribution is -0.137. The minimum absolute atomic E-state index is 0.102. The Morgan fingerprint density at radius 1 is 0.839 bits per heavy atom. The average Bonchev–Trinajstić information content (AvgIpc) is 2.71. The topological polar surface area (TPSA) is 71.1 Å². The molecule has 9 heteroatoms. The Labute approximate surface area is 181 Å². The molecule has 5 nitrogen and oxygen atoms in total. The summed E-state index contributed by atoms with van der Waals surface area (Å²) in [5.41, 5.74) is 1.46. The SMILES string of the molecule is O=C(CC(=O)Nc1ccc(Cl)c(C(F)(F)F)c1)Nc1ccc(Cc2ccncc2)cc1. The number of anilines is 2. The summed E-state index contributed by atoms with van der Waals surface area (Å²) in [4.78, 5) is 28.1. The predicted molar refractivity (Wildman–Crippen MR) is 112 cm³/mol. The van der Waals surface area contributed by atoms with Crippen molar-refractivity contribution in [3.8, 4) is 0 Å². The summed E-state index contributed by atoms with van der Waals surface area (Å²) in [5.74, 6) is -1.34. The van der Waals surface area contributed by atoms with Gasteiger partial charge in [-0.1, -0.05) is 23.7 Å². The summed E-state index contributed by atoms with van der Waals surface area (Å²) in [6.45, 7) is 0. The molecular formula is C22H17ClF3N3O2. The van der Waals surface area contributed by atoms with E-state index in [0.29, 0.717) is 12.1 Å². The summed E-state index contributed by atoms with van der Waals surface area (Å²) >= 11 is 5.55. The van der Waals surface area contributed by atoms with E-state index in [1.165, 1.54) is 6.07 Å². The number of pyridine rings is 1. The van der Waals surface area contributed by atoms with E-state index >= 15 is 0 Å². The Hall–Kier alpha value is -3.39. The second-order valence-corrected chi connectivity index (χ2v) is 7.10. The smallest absolute Gasteiger partial charge is 0.326 e. The first-order chi connectivity index (χ1) is 14.7. The van der Waals surface area contributed by atoms with Crippen LogP contribution in [0.1, 0.15) is 23.1 Å². The van der Waals surface area contributed by atoms with Crippen LogP contribution in [0.5, 0.6) is 0 Å². The highest BCUT2D eigenvalue weighted by molar-refractivity contribution is 6.31. The zero-order chi connectivity index (χ0) is 22.4. The van der Waals surface area contributed by atoms with Gasteiger partial charge in [0.25, 0.3) is 0 Å². The van der Waals surface area contributed by atoms with Crippen LogP contribution in [0, 0.1) is 0 Å². The molecule has 2 aromatic carbocycles. The molecule has 0 aliphatic heterocycles. The Morgan fingerprint density at radius 3 is 2.00 bits per heavy atom. The van der Waals surface area contributed by atoms with Crippen LogP contribution in [0.3, 0.4) is 0 Å². The van der Waals surface area contributed by atoms with E-state index in [9.17, 15) is 22.8 Å². The maximum atomic E-state index is 12.9. The summed E-state index contributed by atoms with van der Waals surface area (Å²) in [6.07, 6.45) is -1.08. The second kappa shape index (κ2) is 9.61. The number of nitrogens with zero attached hydrogens (tertiary/aromatic N) is 1. The largest absolute Gasteiger partial charge is 0.417 e. The quantitative estimate of drug-likeness (QED) is 0.503. The van der Waals surface area contributed by atoms with Gasteiger partial charge in [0, 0.05) is 23.8 Å². The summed E-state index contributed by atoms with van der Waals surface area (Å²) < 4.78 is 38.7. The van der Waals surface area contributed by atoms with Gasteiger partial charge in [-0.15, -0.1) is 0 Å². The Bertz CT molecular complexity index is 1070. The van der Waals surface area contributed by atoms with Crippen LogP contribution in [0.25, 0.3) is 0 Å². The number of hydrogen-bond donors (Lipinski definition) is 2. The average molecular weight is 448 g/mol. The number of carbonyl (C=O) groups excluding carboxylic acids is 2. The maximum Gasteiger partial charge on any atom is 0.417 e. The van der Waals surface area contributed by atoms with Gasteiger partial charge in [-0.3, -0.25) is 14.6 Å². The molecule has 1 aromatic heterocycles. The lowest BCUT2D eigenvalue weighted by Gasteiger charge is -2.12. The van der Waals surface area contributed by atoms with E-state index < -0.39 is 35.0 Å². The van der Waals surface area contributed by atoms with Gasteiger partial charge in [0.2, 0.25) is 11.8 Å². The van der Waals surface area contributed by atoms with Gasteiger partial charge < -0.3 is 10.6 Å². The van der Waals surface area contributed by atoms with Crippen molar-refractivity contribution >= 4 is 34.8 Å². The number of carbonyl (C=O) groups is 2. The number of benzene rings is 2. The van der Waals surface area contributed by atoms with Crippen molar-refractivity contribution in [3.63, 3.8) is 0 Å². The first-order valence-electron chi connectivity index (χ1n) is 9.15. The van der Waals surface area contributed by atoms with Crippen molar-refractivity contribution < 1.29 is 22.8 Å². The predicted octanol–water partition coefficient (Wildman–Crippen LogP) is 5.31. The van der Waals surface area contributed by atoms with Crippen molar-refractivity contribution in [1.82, 2.24) is 4.98 Å². The van der Waals surface area contributed by atoms with Gasteiger partial charge in [0.05, 0.1) is 10.6 Å². The highest BCUT2D eigenvalue weighted by Crippen LogP contribution is 2.36. The fourth-order valence-electron chi connectivity index (χ4n) is 2.82. The van der Waals surface area contributed by atoms with Crippen molar-refractivity contribution in [2.45, 2.75) is 19.0 Å². The Balaban J connectivity index is 1.54. The first-order valence-corrected chi connectivity index (χ1v) is 9.53. The third-order valence-electron chi connectivity index (χ3n) is 4.27. The number of nitrogens with one attached hydrogen (secondary N) is 2. The highest BCUT2D eigenvalue weighted by atomic mass is 35.5. The van der Waals surface area contributed by atoms with Gasteiger partial charge in [-0.2, -0.15) is 13.2 Å². The van der Waals surface area contributed by atoms with E-state index in [1.54, 1.807) is 24.5 Å². The van der Waals surface area contributed by atoms with E-state index in [2.05, 4.69) is 15.6 Å². The molecular weight excluding hydrogens is 431 g/mol. The summed E-state index contributed by atoms with van der Waals surface area (Å²) in [5, 5.41) is 4.38. The van der Waals surface area contributed by atoms with E-state index in [-0.39, 0.29) is 5.69 Å². The Morgan fingerprint density at radius 2 is 1.39 bits per heavy atom. The molecule has 3 rings (SSSR count). The van der Waals surface area contributed by atoms with Crippen LogP contribution in [-0.2, 0) is 22.2 Å². The van der Waals surface area contributed by atoms with Gasteiger partial charge in [0.1, 0.15) is 6.42 Å². The molecule has 0 radical (unpaired) electrons. The van der Waals surface area contributed by atoms with Gasteiger partial charge >= 0.3 is 6.18 Å². The van der Waals surface area contributed by atoms with Crippen LogP contribution in [0.4, 0.5) is 24.5 Å². The van der Waals surface area contributed by atoms with Gasteiger partial charge in [-0.05, 0) is 60.0 Å². The molecule has 160 valence electrons. The number of halogens is 4. The van der Waals surface area contributed by atoms with Crippen LogP contribution in [0.15, 0.2) is 67.0 Å². The molecule has 1 heterocycles. The minimum Gasteiger partial charge on any atom is -0.326 e. The van der Waals surface area contributed by atoms with Crippen LogP contribution >= 0.6 is 11.6 Å². The molecule has 31 heavy (non-hydrogen) atoms. The summed E-state index contributed by atoms with van der Waals surface area (Å²) in [7, 11) is 0. The zero-order valence-electron chi connectivity index (χ0n) is 16.0. The number of amides is 2. The zero-order valence-corrected chi connectivity index (χ0v) is 16.8. The first kappa shape index (κ1) is 22.3. The molecule has 0 fully saturated rings. The fraction of sp³-hybridized carbons (Fsp3) is 0.136. The standard InChI is InChI=1S/C22H17ClF3N3O2/c23-19-6-5-17(12-18(19)22(24,25)26)29-21(31)13-20(30)28-16-3-1-14(2-4-16)11-15-7-9-27-10-8-15/h1-10,12H,11,13H2,(H,28,30)(H,29,31). The Kier molecular flexibility index (Phi) is 6.91. The molecule has 0 saturated heterocycles. The van der Waals surface area contributed by atoms with Gasteiger partial charge in [-0.25, -0.2) is 0 Å². The number of aromatic nitrogens is 1. The molecule has 2 amide bonds. The maximum absolute atomic E-state index is 12.9. The lowest BCUT2D eigenvalue weighted by atomic mass is 10.1. The van der Waals surface area contributed by atoms with Crippen molar-refractivity contribution in [3.05, 3.63) is 88.7 Å². The molecule has 0 saturated carbocycles. The lowest BCUT2D eigenvalue weighted by Crippen LogP contribution is -2.21. The normalized spacial score (nSPS) is 11.1. The van der Waals surface area contributed by atoms with Crippen LogP contribution < -0.4 is 10.6 Å². The number of rotatable bonds is 6. The molecule has 0 spiro atoms. The van der Waals surface area contributed by atoms with Crippen molar-refractivity contribution in [1.29, 1.82) is 0 Å². The monoisotopic (exact) mass is 447 g/mol. The van der Waals surface area contributed by atoms with E-state index in [4.69, 9.17) is 11.6 Å². The molecule has 0 aliphatic rings. The van der Waals surface area contributed by atoms with E-state index in [0.717, 1.165) is 23.3 Å². The molecule has 3 aromatic rings. The van der Waals surface area contributed by atoms with Crippen LogP contribution in [-0.4, -0.2) is 16.8 Å². The van der Waals surface area contributed by atoms with Crippen molar-refractivity contribution in [2.24, 2.45) is 0 Å². The van der Waals surface area contributed by atoms with Gasteiger partial charge in [0.15, 0.2) is 0 Å². The minimum atomic E-state index is -4.65. The highest BCUT2D eigenvalue weighted by Gasteiger charge is 2.33. The number of alkyl halides is 3. The van der Waals surface area contributed by atoms with E-state index in [1.807, 2.05) is 24.3 Å². The molecule has 0 unspecified atom stereocenters. The molecule has 0 bridgehead atoms. The number of hydrogen-bond acceptors (Lipinski definition) is 3. The third-order valence-corrected chi connectivity index (χ3v) is 4.60. The molecule has 2 N–H and O–H groups in total. The third kappa shape index (κ3) is 6.55. The van der Waals surface area contributed by atoms with Crippen LogP contribution in [0.2, 0.25) is 5.02 Å². The molecule has 0 atom stereocenters. The second-order valence-electron chi connectivity index (χ2n) is 6.69.